The summed E-state index contributed by atoms with van der Waals surface area (Å²) in [5, 5.41) is 13.2. The van der Waals surface area contributed by atoms with Gasteiger partial charge in [0.25, 0.3) is 0 Å². The largest absolute Gasteiger partial charge is 0.503 e. The van der Waals surface area contributed by atoms with Crippen LogP contribution in [0.25, 0.3) is 0 Å². The number of ketones is 1. The third-order valence-corrected chi connectivity index (χ3v) is 6.77. The molecule has 7 nitrogen and oxygen atoms in total. The lowest BCUT2D eigenvalue weighted by Crippen LogP contribution is -2.38. The van der Waals surface area contributed by atoms with Crippen molar-refractivity contribution >= 4 is 27.6 Å². The van der Waals surface area contributed by atoms with Crippen molar-refractivity contribution in [2.75, 3.05) is 20.8 Å². The van der Waals surface area contributed by atoms with Crippen LogP contribution >= 0.6 is 15.9 Å². The molecule has 2 aromatic carbocycles. The second-order valence-electron chi connectivity index (χ2n) is 8.12. The molecule has 0 bridgehead atoms. The second-order valence-corrected chi connectivity index (χ2v) is 8.97. The van der Waals surface area contributed by atoms with Crippen LogP contribution in [0, 0.1) is 0 Å². The lowest BCUT2D eigenvalue weighted by Gasteiger charge is -2.35. The molecule has 0 aromatic heterocycles. The Bertz CT molecular complexity index is 1140. The van der Waals surface area contributed by atoms with Crippen LogP contribution in [0.3, 0.4) is 0 Å². The fourth-order valence-corrected chi connectivity index (χ4v) is 5.14. The quantitative estimate of drug-likeness (QED) is 0.584. The van der Waals surface area contributed by atoms with Crippen LogP contribution in [0.1, 0.15) is 49.1 Å². The number of aromatic hydroxyl groups is 1. The van der Waals surface area contributed by atoms with E-state index in [4.69, 9.17) is 14.2 Å². The number of carbonyl (C=O) groups excluding carboxylic acids is 2. The van der Waals surface area contributed by atoms with E-state index in [1.807, 2.05) is 25.1 Å². The third kappa shape index (κ3) is 4.44. The third-order valence-electron chi connectivity index (χ3n) is 6.17. The van der Waals surface area contributed by atoms with Gasteiger partial charge in [0.05, 0.1) is 25.3 Å². The van der Waals surface area contributed by atoms with E-state index in [-0.39, 0.29) is 29.8 Å². The van der Waals surface area contributed by atoms with Crippen LogP contribution in [-0.4, -0.2) is 37.6 Å². The zero-order chi connectivity index (χ0) is 23.7. The van der Waals surface area contributed by atoms with Gasteiger partial charge in [-0.25, -0.2) is 0 Å². The predicted octanol–water partition coefficient (Wildman–Crippen LogP) is 4.57. The molecular weight excluding hydrogens is 490 g/mol. The first-order chi connectivity index (χ1) is 15.9. The number of amides is 1. The van der Waals surface area contributed by atoms with Gasteiger partial charge in [0.15, 0.2) is 17.3 Å². The molecule has 0 saturated heterocycles. The number of nitrogens with one attached hydrogen (secondary N) is 1. The Morgan fingerprint density at radius 3 is 2.55 bits per heavy atom. The number of rotatable bonds is 6. The highest BCUT2D eigenvalue weighted by molar-refractivity contribution is 9.10. The minimum atomic E-state index is -0.412. The molecule has 2 N–H and O–H groups in total. The van der Waals surface area contributed by atoms with Crippen LogP contribution in [0.15, 0.2) is 46.1 Å². The molecular formula is C25H26BrNO6. The van der Waals surface area contributed by atoms with Gasteiger partial charge in [-0.1, -0.05) is 0 Å². The lowest BCUT2D eigenvalue weighted by molar-refractivity contribution is -0.122. The van der Waals surface area contributed by atoms with Crippen molar-refractivity contribution in [2.45, 2.75) is 38.0 Å². The first-order valence-corrected chi connectivity index (χ1v) is 11.6. The summed E-state index contributed by atoms with van der Waals surface area (Å²) in [4.78, 5) is 26.1. The first-order valence-electron chi connectivity index (χ1n) is 10.8. The fourth-order valence-electron chi connectivity index (χ4n) is 4.68. The summed E-state index contributed by atoms with van der Waals surface area (Å²) in [6.07, 6.45) is 0.956. The molecule has 0 unspecified atom stereocenters. The molecule has 4 rings (SSSR count). The monoisotopic (exact) mass is 515 g/mol. The Morgan fingerprint density at radius 2 is 1.85 bits per heavy atom. The van der Waals surface area contributed by atoms with Crippen LogP contribution in [0.4, 0.5) is 0 Å². The highest BCUT2D eigenvalue weighted by atomic mass is 79.9. The topological polar surface area (TPSA) is 94.1 Å². The predicted molar refractivity (Wildman–Crippen MR) is 126 cm³/mol. The van der Waals surface area contributed by atoms with Crippen LogP contribution in [0.5, 0.6) is 23.0 Å². The van der Waals surface area contributed by atoms with Gasteiger partial charge in [-0.15, -0.1) is 0 Å². The smallest absolute Gasteiger partial charge is 0.225 e. The molecule has 1 aliphatic carbocycles. The van der Waals surface area contributed by atoms with E-state index in [0.717, 1.165) is 11.1 Å². The molecule has 2 atom stereocenters. The number of halogens is 1. The minimum Gasteiger partial charge on any atom is -0.503 e. The van der Waals surface area contributed by atoms with Crippen molar-refractivity contribution in [3.63, 3.8) is 0 Å². The van der Waals surface area contributed by atoms with Gasteiger partial charge in [-0.3, -0.25) is 9.59 Å². The van der Waals surface area contributed by atoms with Crippen molar-refractivity contribution in [2.24, 2.45) is 0 Å². The van der Waals surface area contributed by atoms with Gasteiger partial charge in [0.1, 0.15) is 11.5 Å². The molecule has 1 amide bonds. The van der Waals surface area contributed by atoms with E-state index >= 15 is 0 Å². The number of hydrogen-bond donors (Lipinski definition) is 2. The summed E-state index contributed by atoms with van der Waals surface area (Å²) in [5.74, 6) is 0.954. The summed E-state index contributed by atoms with van der Waals surface area (Å²) in [7, 11) is 3.19. The van der Waals surface area contributed by atoms with Crippen LogP contribution in [-0.2, 0) is 9.59 Å². The number of phenols is 1. The van der Waals surface area contributed by atoms with E-state index in [1.54, 1.807) is 26.4 Å². The Balaban J connectivity index is 1.75. The van der Waals surface area contributed by atoms with Crippen LogP contribution < -0.4 is 19.5 Å². The van der Waals surface area contributed by atoms with Gasteiger partial charge in [-0.05, 0) is 65.2 Å². The van der Waals surface area contributed by atoms with E-state index in [2.05, 4.69) is 21.2 Å². The number of phenolic OH excluding ortho intramolecular Hbond substituents is 1. The molecule has 2 aliphatic rings. The second kappa shape index (κ2) is 9.47. The minimum absolute atomic E-state index is 0.00443. The van der Waals surface area contributed by atoms with Crippen molar-refractivity contribution in [1.82, 2.24) is 5.32 Å². The van der Waals surface area contributed by atoms with Gasteiger partial charge in [0, 0.05) is 41.5 Å². The fraction of sp³-hybridized carbons (Fsp3) is 0.360. The summed E-state index contributed by atoms with van der Waals surface area (Å²) in [6, 6.07) is 8.98. The molecule has 1 aliphatic heterocycles. The zero-order valence-corrected chi connectivity index (χ0v) is 20.3. The molecule has 0 fully saturated rings. The molecule has 8 heteroatoms. The summed E-state index contributed by atoms with van der Waals surface area (Å²) in [6.45, 7) is 2.21. The maximum Gasteiger partial charge on any atom is 0.225 e. The van der Waals surface area contributed by atoms with Crippen molar-refractivity contribution in [3.8, 4) is 23.0 Å². The van der Waals surface area contributed by atoms with Gasteiger partial charge < -0.3 is 24.6 Å². The molecule has 0 radical (unpaired) electrons. The standard InChI is InChI=1S/C25H26BrNO6/c1-4-33-22-10-13(7-18(26)25(22)30)17-12-23(29)27-19-8-14(9-20(28)24(17)19)16-11-15(31-2)5-6-21(16)32-3/h5-7,10-11,14,17,30H,4,8-9,12H2,1-3H3,(H,27,29)/t14-,17-/m1/s1. The highest BCUT2D eigenvalue weighted by Gasteiger charge is 2.39. The van der Waals surface area contributed by atoms with Gasteiger partial charge in [-0.2, -0.15) is 0 Å². The maximum absolute atomic E-state index is 13.4. The maximum atomic E-state index is 13.4. The Labute approximate surface area is 200 Å². The zero-order valence-electron chi connectivity index (χ0n) is 18.7. The van der Waals surface area contributed by atoms with E-state index in [9.17, 15) is 14.7 Å². The lowest BCUT2D eigenvalue weighted by atomic mass is 9.73. The number of Topliss-reactive ketones (excluding diaryl/α,β-unsaturated/α-hetero) is 1. The van der Waals surface area contributed by atoms with Crippen LogP contribution in [0.2, 0.25) is 0 Å². The number of carbonyl (C=O) groups is 2. The molecule has 1 heterocycles. The number of ether oxygens (including phenoxy) is 3. The first kappa shape index (κ1) is 23.2. The number of allylic oxidation sites excluding steroid dienone is 2. The number of hydrogen-bond acceptors (Lipinski definition) is 6. The average molecular weight is 516 g/mol. The SMILES string of the molecule is CCOc1cc([C@H]2CC(=O)NC3=C2C(=O)C[C@H](c2cc(OC)ccc2OC)C3)cc(Br)c1O. The Kier molecular flexibility index (Phi) is 6.65. The molecule has 0 saturated carbocycles. The molecule has 174 valence electrons. The molecule has 33 heavy (non-hydrogen) atoms. The molecule has 0 spiro atoms. The van der Waals surface area contributed by atoms with Crippen molar-refractivity contribution < 1.29 is 28.9 Å². The Hall–Kier alpha value is -3.00. The van der Waals surface area contributed by atoms with E-state index in [1.165, 1.54) is 0 Å². The number of methoxy groups -OCH3 is 2. The Morgan fingerprint density at radius 1 is 1.06 bits per heavy atom. The summed E-state index contributed by atoms with van der Waals surface area (Å²) < 4.78 is 16.9. The highest BCUT2D eigenvalue weighted by Crippen LogP contribution is 2.47. The van der Waals surface area contributed by atoms with Gasteiger partial charge in [0.2, 0.25) is 5.91 Å². The van der Waals surface area contributed by atoms with Crippen molar-refractivity contribution in [1.29, 1.82) is 0 Å². The summed E-state index contributed by atoms with van der Waals surface area (Å²) >= 11 is 3.36. The van der Waals surface area contributed by atoms with Gasteiger partial charge >= 0.3 is 0 Å². The number of benzene rings is 2. The normalized spacial score (nSPS) is 20.2. The van der Waals surface area contributed by atoms with E-state index < -0.39 is 5.92 Å². The van der Waals surface area contributed by atoms with E-state index in [0.29, 0.717) is 52.4 Å². The van der Waals surface area contributed by atoms with Crippen molar-refractivity contribution in [3.05, 3.63) is 57.2 Å². The average Bonchev–Trinajstić information content (AvgIpc) is 2.80. The molecule has 2 aromatic rings. The summed E-state index contributed by atoms with van der Waals surface area (Å²) in [5.41, 5.74) is 2.88.